The molecular weight excluding hydrogens is 372 g/mol. The fourth-order valence-electron chi connectivity index (χ4n) is 6.69. The zero-order chi connectivity index (χ0) is 20.9. The van der Waals surface area contributed by atoms with E-state index < -0.39 is 0 Å². The van der Waals surface area contributed by atoms with E-state index in [2.05, 4.69) is 64.1 Å². The maximum atomic E-state index is 13.8. The Labute approximate surface area is 179 Å². The van der Waals surface area contributed by atoms with Crippen LogP contribution in [0.4, 0.5) is 0 Å². The number of carbonyl (C=O) groups excluding carboxylic acids is 1. The van der Waals surface area contributed by atoms with E-state index in [-0.39, 0.29) is 17.4 Å². The van der Waals surface area contributed by atoms with E-state index in [0.29, 0.717) is 29.6 Å². The predicted molar refractivity (Wildman–Crippen MR) is 117 cm³/mol. The molecule has 1 aromatic carbocycles. The Morgan fingerprint density at radius 2 is 1.87 bits per heavy atom. The molecule has 2 saturated heterocycles. The average molecular weight is 405 g/mol. The van der Waals surface area contributed by atoms with Gasteiger partial charge in [0.2, 0.25) is 0 Å². The third-order valence-corrected chi connectivity index (χ3v) is 8.05. The van der Waals surface area contributed by atoms with Gasteiger partial charge in [0.15, 0.2) is 0 Å². The number of hydrogen-bond donors (Lipinski definition) is 0. The Bertz CT molecular complexity index is 932. The molecule has 5 rings (SSSR count). The normalized spacial score (nSPS) is 33.4. The number of likely N-dealkylation sites (N-methyl/N-ethyl adjacent to an activating group) is 1. The quantitative estimate of drug-likeness (QED) is 0.779. The summed E-state index contributed by atoms with van der Waals surface area (Å²) in [7, 11) is 2.30. The molecule has 3 aliphatic rings. The fraction of sp³-hybridized carbons (Fsp3) is 0.560. The number of aryl methyl sites for hydroxylation is 1. The van der Waals surface area contributed by atoms with Crippen LogP contribution in [0.5, 0.6) is 0 Å². The summed E-state index contributed by atoms with van der Waals surface area (Å²) in [4.78, 5) is 27.4. The molecule has 2 aromatic rings. The lowest BCUT2D eigenvalue weighted by molar-refractivity contribution is 0.0155. The zero-order valence-electron chi connectivity index (χ0n) is 18.3. The Morgan fingerprint density at radius 1 is 1.13 bits per heavy atom. The van der Waals surface area contributed by atoms with Gasteiger partial charge in [0.1, 0.15) is 11.5 Å². The number of aromatic nitrogens is 2. The topological polar surface area (TPSA) is 49.3 Å². The number of carbonyl (C=O) groups is 1. The first kappa shape index (κ1) is 19.7. The van der Waals surface area contributed by atoms with Crippen LogP contribution in [0.1, 0.15) is 60.9 Å². The van der Waals surface area contributed by atoms with E-state index in [0.717, 1.165) is 19.3 Å². The molecule has 158 valence electrons. The molecule has 30 heavy (non-hydrogen) atoms. The predicted octanol–water partition coefficient (Wildman–Crippen LogP) is 3.87. The average Bonchev–Trinajstić information content (AvgIpc) is 2.89. The van der Waals surface area contributed by atoms with Crippen LogP contribution < -0.4 is 0 Å². The van der Waals surface area contributed by atoms with Crippen LogP contribution >= 0.6 is 0 Å². The molecule has 1 saturated carbocycles. The van der Waals surface area contributed by atoms with Gasteiger partial charge >= 0.3 is 0 Å². The SMILES string of the molecule is Cc1nccc(C(=O)N2[C@H]3CCCC[C@H]4N(C)[C@H](Cc5ccccc5)[C@@H]2C[C@@]34C)n1. The second-order valence-corrected chi connectivity index (χ2v) is 9.72. The standard InChI is InChI=1S/C25H32N4O/c1-17-26-14-13-19(27-17)24(30)29-21-16-25(2)22(11-7-8-12-23(25)29)28(3)20(21)15-18-9-5-4-6-10-18/h4-6,9-10,13-14,20-23H,7-8,11-12,15-16H2,1-3H3/t20-,21+,22-,23+,25-/m1/s1. The van der Waals surface area contributed by atoms with E-state index in [1.807, 2.05) is 6.92 Å². The summed E-state index contributed by atoms with van der Waals surface area (Å²) in [5.74, 6) is 0.749. The first-order valence-corrected chi connectivity index (χ1v) is 11.4. The van der Waals surface area contributed by atoms with Crippen LogP contribution in [0.25, 0.3) is 0 Å². The van der Waals surface area contributed by atoms with Crippen molar-refractivity contribution in [2.45, 2.75) is 76.5 Å². The summed E-state index contributed by atoms with van der Waals surface area (Å²) >= 11 is 0. The van der Waals surface area contributed by atoms with Gasteiger partial charge in [-0.3, -0.25) is 9.69 Å². The molecule has 2 bridgehead atoms. The van der Waals surface area contributed by atoms with E-state index in [9.17, 15) is 4.79 Å². The molecule has 0 spiro atoms. The number of amides is 1. The zero-order valence-corrected chi connectivity index (χ0v) is 18.3. The Hall–Kier alpha value is -2.27. The van der Waals surface area contributed by atoms with Gasteiger partial charge in [0.25, 0.3) is 5.91 Å². The summed E-state index contributed by atoms with van der Waals surface area (Å²) in [5.41, 5.74) is 2.05. The summed E-state index contributed by atoms with van der Waals surface area (Å²) in [6.45, 7) is 4.29. The second kappa shape index (κ2) is 7.45. The summed E-state index contributed by atoms with van der Waals surface area (Å²) in [6, 6.07) is 13.9. The molecule has 0 unspecified atom stereocenters. The smallest absolute Gasteiger partial charge is 0.273 e. The van der Waals surface area contributed by atoms with E-state index in [1.54, 1.807) is 12.3 Å². The highest BCUT2D eigenvalue weighted by Gasteiger charge is 2.62. The fourth-order valence-corrected chi connectivity index (χ4v) is 6.69. The van der Waals surface area contributed by atoms with E-state index in [4.69, 9.17) is 0 Å². The van der Waals surface area contributed by atoms with Crippen LogP contribution in [-0.2, 0) is 6.42 Å². The lowest BCUT2D eigenvalue weighted by Gasteiger charge is -2.49. The molecule has 1 aromatic heterocycles. The monoisotopic (exact) mass is 404 g/mol. The minimum Gasteiger partial charge on any atom is -0.329 e. The van der Waals surface area contributed by atoms with Gasteiger partial charge < -0.3 is 4.90 Å². The number of benzene rings is 1. The maximum Gasteiger partial charge on any atom is 0.273 e. The van der Waals surface area contributed by atoms with Gasteiger partial charge in [-0.25, -0.2) is 9.97 Å². The number of piperidine rings is 1. The second-order valence-electron chi connectivity index (χ2n) is 9.72. The third-order valence-electron chi connectivity index (χ3n) is 8.05. The van der Waals surface area contributed by atoms with E-state index in [1.165, 1.54) is 24.8 Å². The summed E-state index contributed by atoms with van der Waals surface area (Å²) in [6.07, 6.45) is 8.57. The van der Waals surface area contributed by atoms with Crippen molar-refractivity contribution in [1.29, 1.82) is 0 Å². The molecule has 3 fully saturated rings. The largest absolute Gasteiger partial charge is 0.329 e. The maximum absolute atomic E-state index is 13.8. The molecule has 3 heterocycles. The van der Waals surface area contributed by atoms with Crippen LogP contribution in [0.3, 0.4) is 0 Å². The Balaban J connectivity index is 1.56. The first-order valence-electron chi connectivity index (χ1n) is 11.4. The molecule has 5 nitrogen and oxygen atoms in total. The van der Waals surface area contributed by atoms with Crippen molar-refractivity contribution >= 4 is 5.91 Å². The molecule has 1 amide bonds. The lowest BCUT2D eigenvalue weighted by atomic mass is 9.69. The van der Waals surface area contributed by atoms with Crippen molar-refractivity contribution in [3.63, 3.8) is 0 Å². The van der Waals surface area contributed by atoms with Gasteiger partial charge in [-0.05, 0) is 51.3 Å². The van der Waals surface area contributed by atoms with Crippen molar-refractivity contribution in [1.82, 2.24) is 19.8 Å². The molecule has 0 radical (unpaired) electrons. The molecule has 1 aliphatic carbocycles. The number of likely N-dealkylation sites (tertiary alicyclic amines) is 2. The molecule has 0 N–H and O–H groups in total. The van der Waals surface area contributed by atoms with Crippen molar-refractivity contribution < 1.29 is 4.79 Å². The van der Waals surface area contributed by atoms with Gasteiger partial charge in [-0.1, -0.05) is 50.1 Å². The van der Waals surface area contributed by atoms with Crippen LogP contribution in [-0.4, -0.2) is 56.9 Å². The van der Waals surface area contributed by atoms with Crippen molar-refractivity contribution in [2.24, 2.45) is 5.41 Å². The lowest BCUT2D eigenvalue weighted by Crippen LogP contribution is -2.58. The summed E-state index contributed by atoms with van der Waals surface area (Å²) in [5, 5.41) is 0. The van der Waals surface area contributed by atoms with Crippen molar-refractivity contribution in [3.05, 3.63) is 59.7 Å². The van der Waals surface area contributed by atoms with Gasteiger partial charge in [-0.2, -0.15) is 0 Å². The molecule has 5 heteroatoms. The number of fused-ring (bicyclic) bond motifs is 1. The highest BCUT2D eigenvalue weighted by Crippen LogP contribution is 2.55. The first-order chi connectivity index (χ1) is 14.5. The number of hydrogen-bond acceptors (Lipinski definition) is 4. The minimum atomic E-state index is 0.0910. The minimum absolute atomic E-state index is 0.0910. The van der Waals surface area contributed by atoms with Crippen molar-refractivity contribution in [3.8, 4) is 0 Å². The Morgan fingerprint density at radius 3 is 2.60 bits per heavy atom. The van der Waals surface area contributed by atoms with Gasteiger partial charge in [0.05, 0.1) is 0 Å². The number of nitrogens with zero attached hydrogens (tertiary/aromatic N) is 4. The highest BCUT2D eigenvalue weighted by atomic mass is 16.2. The third kappa shape index (κ3) is 3.06. The van der Waals surface area contributed by atoms with Crippen LogP contribution in [0, 0.1) is 12.3 Å². The Kier molecular flexibility index (Phi) is 4.89. The highest BCUT2D eigenvalue weighted by molar-refractivity contribution is 5.93. The van der Waals surface area contributed by atoms with Crippen LogP contribution in [0.15, 0.2) is 42.6 Å². The van der Waals surface area contributed by atoms with Crippen molar-refractivity contribution in [2.75, 3.05) is 7.05 Å². The molecule has 5 atom stereocenters. The molecule has 2 aliphatic heterocycles. The van der Waals surface area contributed by atoms with Gasteiger partial charge in [0, 0.05) is 35.8 Å². The number of rotatable bonds is 3. The van der Waals surface area contributed by atoms with Crippen LogP contribution in [0.2, 0.25) is 0 Å². The summed E-state index contributed by atoms with van der Waals surface area (Å²) < 4.78 is 0. The van der Waals surface area contributed by atoms with Gasteiger partial charge in [-0.15, -0.1) is 0 Å². The molecular formula is C25H32N4O. The van der Waals surface area contributed by atoms with E-state index >= 15 is 0 Å².